The van der Waals surface area contributed by atoms with E-state index in [0.717, 1.165) is 23.7 Å². The highest BCUT2D eigenvalue weighted by molar-refractivity contribution is 9.09. The SMILES string of the molecule is CC(CBr)(NC(=O)C1CCCC1)c1ccccc1. The summed E-state index contributed by atoms with van der Waals surface area (Å²) >= 11 is 3.53. The molecule has 0 bridgehead atoms. The van der Waals surface area contributed by atoms with Gasteiger partial charge in [-0.2, -0.15) is 0 Å². The van der Waals surface area contributed by atoms with Gasteiger partial charge in [0.15, 0.2) is 0 Å². The van der Waals surface area contributed by atoms with E-state index in [0.29, 0.717) is 0 Å². The van der Waals surface area contributed by atoms with Gasteiger partial charge >= 0.3 is 0 Å². The molecule has 98 valence electrons. The van der Waals surface area contributed by atoms with Crippen LogP contribution in [0.2, 0.25) is 0 Å². The minimum atomic E-state index is -0.319. The predicted molar refractivity (Wildman–Crippen MR) is 77.7 cm³/mol. The van der Waals surface area contributed by atoms with Crippen LogP contribution in [0.1, 0.15) is 38.2 Å². The van der Waals surface area contributed by atoms with Gasteiger partial charge in [-0.3, -0.25) is 4.79 Å². The van der Waals surface area contributed by atoms with Gasteiger partial charge in [0, 0.05) is 11.2 Å². The average molecular weight is 310 g/mol. The van der Waals surface area contributed by atoms with E-state index in [1.807, 2.05) is 18.2 Å². The van der Waals surface area contributed by atoms with Crippen molar-refractivity contribution in [2.75, 3.05) is 5.33 Å². The number of hydrogen-bond donors (Lipinski definition) is 1. The molecule has 1 unspecified atom stereocenters. The Labute approximate surface area is 117 Å². The van der Waals surface area contributed by atoms with E-state index < -0.39 is 0 Å². The molecule has 0 saturated heterocycles. The number of rotatable bonds is 4. The van der Waals surface area contributed by atoms with Crippen LogP contribution in [0.15, 0.2) is 30.3 Å². The van der Waals surface area contributed by atoms with E-state index in [2.05, 4.69) is 40.3 Å². The van der Waals surface area contributed by atoms with Gasteiger partial charge in [-0.05, 0) is 25.3 Å². The third-order valence-electron chi connectivity index (χ3n) is 3.80. The molecule has 0 aromatic heterocycles. The summed E-state index contributed by atoms with van der Waals surface area (Å²) in [4.78, 5) is 12.3. The zero-order chi connectivity index (χ0) is 13.0. The van der Waals surface area contributed by atoms with E-state index in [1.165, 1.54) is 12.8 Å². The number of hydrogen-bond acceptors (Lipinski definition) is 1. The summed E-state index contributed by atoms with van der Waals surface area (Å²) in [5.74, 6) is 0.422. The molecule has 1 atom stereocenters. The molecular weight excluding hydrogens is 290 g/mol. The molecule has 1 amide bonds. The lowest BCUT2D eigenvalue weighted by atomic mass is 9.93. The second-order valence-corrected chi connectivity index (χ2v) is 5.86. The lowest BCUT2D eigenvalue weighted by molar-refractivity contribution is -0.126. The molecule has 0 radical (unpaired) electrons. The maximum atomic E-state index is 12.3. The summed E-state index contributed by atoms with van der Waals surface area (Å²) in [6.45, 7) is 2.07. The standard InChI is InChI=1S/C15H20BrNO/c1-15(11-16,13-9-3-2-4-10-13)17-14(18)12-7-5-6-8-12/h2-4,9-10,12H,5-8,11H2,1H3,(H,17,18). The van der Waals surface area contributed by atoms with Crippen molar-refractivity contribution in [1.82, 2.24) is 5.32 Å². The maximum Gasteiger partial charge on any atom is 0.223 e. The van der Waals surface area contributed by atoms with Gasteiger partial charge in [0.25, 0.3) is 0 Å². The third-order valence-corrected chi connectivity index (χ3v) is 4.92. The Morgan fingerprint density at radius 1 is 1.33 bits per heavy atom. The molecule has 2 nitrogen and oxygen atoms in total. The maximum absolute atomic E-state index is 12.3. The molecule has 3 heteroatoms. The Hall–Kier alpha value is -0.830. The monoisotopic (exact) mass is 309 g/mol. The first-order valence-corrected chi connectivity index (χ1v) is 7.71. The van der Waals surface area contributed by atoms with Gasteiger partial charge in [-0.25, -0.2) is 0 Å². The number of benzene rings is 1. The molecule has 1 saturated carbocycles. The van der Waals surface area contributed by atoms with Crippen LogP contribution in [0.5, 0.6) is 0 Å². The van der Waals surface area contributed by atoms with Crippen molar-refractivity contribution in [3.8, 4) is 0 Å². The topological polar surface area (TPSA) is 29.1 Å². The molecule has 0 heterocycles. The fraction of sp³-hybridized carbons (Fsp3) is 0.533. The zero-order valence-corrected chi connectivity index (χ0v) is 12.4. The first-order chi connectivity index (χ1) is 8.65. The quantitative estimate of drug-likeness (QED) is 0.846. The van der Waals surface area contributed by atoms with E-state index in [9.17, 15) is 4.79 Å². The van der Waals surface area contributed by atoms with Gasteiger partial charge in [-0.1, -0.05) is 59.1 Å². The average Bonchev–Trinajstić information content (AvgIpc) is 2.93. The van der Waals surface area contributed by atoms with Crippen LogP contribution in [0.4, 0.5) is 0 Å². The highest BCUT2D eigenvalue weighted by atomic mass is 79.9. The Bertz CT molecular complexity index is 400. The zero-order valence-electron chi connectivity index (χ0n) is 10.8. The van der Waals surface area contributed by atoms with Gasteiger partial charge in [-0.15, -0.1) is 0 Å². The Balaban J connectivity index is 2.10. The smallest absolute Gasteiger partial charge is 0.223 e. The number of carbonyl (C=O) groups is 1. The molecule has 1 aliphatic rings. The molecular formula is C15H20BrNO. The van der Waals surface area contributed by atoms with Crippen molar-refractivity contribution < 1.29 is 4.79 Å². The van der Waals surface area contributed by atoms with Gasteiger partial charge in [0.05, 0.1) is 5.54 Å². The number of alkyl halides is 1. The summed E-state index contributed by atoms with van der Waals surface area (Å²) in [6, 6.07) is 10.2. The number of halogens is 1. The molecule has 18 heavy (non-hydrogen) atoms. The van der Waals surface area contributed by atoms with E-state index >= 15 is 0 Å². The minimum absolute atomic E-state index is 0.207. The largest absolute Gasteiger partial charge is 0.346 e. The molecule has 0 spiro atoms. The van der Waals surface area contributed by atoms with E-state index in [1.54, 1.807) is 0 Å². The first kappa shape index (κ1) is 13.6. The Morgan fingerprint density at radius 3 is 2.50 bits per heavy atom. The summed E-state index contributed by atoms with van der Waals surface area (Å²) in [6.07, 6.45) is 4.46. The Kier molecular flexibility index (Phi) is 4.44. The molecule has 0 aliphatic heterocycles. The van der Waals surface area contributed by atoms with Crippen molar-refractivity contribution in [2.24, 2.45) is 5.92 Å². The fourth-order valence-electron chi connectivity index (χ4n) is 2.55. The lowest BCUT2D eigenvalue weighted by Crippen LogP contribution is -2.47. The van der Waals surface area contributed by atoms with Crippen molar-refractivity contribution in [2.45, 2.75) is 38.1 Å². The van der Waals surface area contributed by atoms with Gasteiger partial charge in [0.1, 0.15) is 0 Å². The van der Waals surface area contributed by atoms with E-state index in [-0.39, 0.29) is 17.4 Å². The van der Waals surface area contributed by atoms with Crippen molar-refractivity contribution >= 4 is 21.8 Å². The lowest BCUT2D eigenvalue weighted by Gasteiger charge is -2.30. The second kappa shape index (κ2) is 5.87. The van der Waals surface area contributed by atoms with Crippen LogP contribution in [0.3, 0.4) is 0 Å². The van der Waals surface area contributed by atoms with Crippen LogP contribution in [-0.2, 0) is 10.3 Å². The normalized spacial score (nSPS) is 19.4. The van der Waals surface area contributed by atoms with Crippen molar-refractivity contribution in [3.05, 3.63) is 35.9 Å². The van der Waals surface area contributed by atoms with Crippen LogP contribution < -0.4 is 5.32 Å². The number of carbonyl (C=O) groups excluding carboxylic acids is 1. The molecule has 1 fully saturated rings. The molecule has 1 aromatic carbocycles. The molecule has 2 rings (SSSR count). The minimum Gasteiger partial charge on any atom is -0.346 e. The van der Waals surface area contributed by atoms with Gasteiger partial charge < -0.3 is 5.32 Å². The van der Waals surface area contributed by atoms with E-state index in [4.69, 9.17) is 0 Å². The van der Waals surface area contributed by atoms with Crippen molar-refractivity contribution in [1.29, 1.82) is 0 Å². The summed E-state index contributed by atoms with van der Waals surface area (Å²) in [7, 11) is 0. The van der Waals surface area contributed by atoms with Crippen LogP contribution in [-0.4, -0.2) is 11.2 Å². The number of amides is 1. The Morgan fingerprint density at radius 2 is 1.94 bits per heavy atom. The highest BCUT2D eigenvalue weighted by Crippen LogP contribution is 2.28. The fourth-order valence-corrected chi connectivity index (χ4v) is 3.01. The number of nitrogens with one attached hydrogen (secondary N) is 1. The van der Waals surface area contributed by atoms with Gasteiger partial charge in [0.2, 0.25) is 5.91 Å². The van der Waals surface area contributed by atoms with Crippen molar-refractivity contribution in [3.63, 3.8) is 0 Å². The molecule has 1 N–H and O–H groups in total. The predicted octanol–water partition coefficient (Wildman–Crippen LogP) is 3.60. The molecule has 1 aromatic rings. The summed E-state index contributed by atoms with van der Waals surface area (Å²) < 4.78 is 0. The third kappa shape index (κ3) is 2.94. The first-order valence-electron chi connectivity index (χ1n) is 6.59. The second-order valence-electron chi connectivity index (χ2n) is 5.30. The summed E-state index contributed by atoms with van der Waals surface area (Å²) in [5.41, 5.74) is 0.828. The highest BCUT2D eigenvalue weighted by Gasteiger charge is 2.31. The van der Waals surface area contributed by atoms with Crippen LogP contribution in [0.25, 0.3) is 0 Å². The summed E-state index contributed by atoms with van der Waals surface area (Å²) in [5, 5.41) is 3.94. The van der Waals surface area contributed by atoms with Crippen LogP contribution in [0, 0.1) is 5.92 Å². The molecule has 1 aliphatic carbocycles. The van der Waals surface area contributed by atoms with Crippen LogP contribution >= 0.6 is 15.9 Å².